The predicted octanol–water partition coefficient (Wildman–Crippen LogP) is 2.52. The first-order valence-corrected chi connectivity index (χ1v) is 7.53. The maximum absolute atomic E-state index is 12.1. The molecule has 0 spiro atoms. The minimum Gasteiger partial charge on any atom is -0.397 e. The molecule has 0 atom stereocenters. The summed E-state index contributed by atoms with van der Waals surface area (Å²) in [5.41, 5.74) is 8.22. The van der Waals surface area contributed by atoms with E-state index in [1.165, 1.54) is 0 Å². The number of anilines is 2. The van der Waals surface area contributed by atoms with Crippen LogP contribution < -0.4 is 10.5 Å². The van der Waals surface area contributed by atoms with Gasteiger partial charge in [-0.25, -0.2) is 8.42 Å². The lowest BCUT2D eigenvalue weighted by atomic mass is 10.2. The molecule has 19 heavy (non-hydrogen) atoms. The van der Waals surface area contributed by atoms with Crippen molar-refractivity contribution in [2.75, 3.05) is 10.5 Å². The van der Waals surface area contributed by atoms with E-state index in [0.717, 1.165) is 11.1 Å². The summed E-state index contributed by atoms with van der Waals surface area (Å²) in [4.78, 5) is 0. The van der Waals surface area contributed by atoms with Crippen molar-refractivity contribution in [3.63, 3.8) is 0 Å². The third kappa shape index (κ3) is 3.48. The summed E-state index contributed by atoms with van der Waals surface area (Å²) in [7, 11) is -3.46. The van der Waals surface area contributed by atoms with Crippen molar-refractivity contribution in [2.45, 2.75) is 12.7 Å². The Morgan fingerprint density at radius 1 is 1.05 bits per heavy atom. The second kappa shape index (κ2) is 5.32. The number of benzene rings is 2. The lowest BCUT2D eigenvalue weighted by molar-refractivity contribution is 0.600. The number of hydrogen-bond acceptors (Lipinski definition) is 3. The van der Waals surface area contributed by atoms with Gasteiger partial charge < -0.3 is 5.73 Å². The van der Waals surface area contributed by atoms with Crippen molar-refractivity contribution in [1.82, 2.24) is 0 Å². The molecule has 3 N–H and O–H groups in total. The molecular weight excluding hydrogens is 260 g/mol. The molecule has 0 heterocycles. The summed E-state index contributed by atoms with van der Waals surface area (Å²) < 4.78 is 26.8. The summed E-state index contributed by atoms with van der Waals surface area (Å²) in [6, 6.07) is 14.3. The Bertz CT molecular complexity index is 647. The molecular formula is C14H16N2O2S. The highest BCUT2D eigenvalue weighted by Gasteiger charge is 2.14. The molecule has 0 bridgehead atoms. The van der Waals surface area contributed by atoms with E-state index in [0.29, 0.717) is 11.4 Å². The monoisotopic (exact) mass is 276 g/mol. The Kier molecular flexibility index (Phi) is 3.76. The predicted molar refractivity (Wildman–Crippen MR) is 78.3 cm³/mol. The third-order valence-corrected chi connectivity index (χ3v) is 3.99. The first-order chi connectivity index (χ1) is 8.98. The van der Waals surface area contributed by atoms with E-state index >= 15 is 0 Å². The fourth-order valence-electron chi connectivity index (χ4n) is 1.82. The molecule has 2 aromatic rings. The number of sulfonamides is 1. The molecule has 5 heteroatoms. The number of nitrogens with two attached hydrogens (primary N) is 1. The Morgan fingerprint density at radius 3 is 2.37 bits per heavy atom. The van der Waals surface area contributed by atoms with E-state index in [2.05, 4.69) is 4.72 Å². The van der Waals surface area contributed by atoms with Crippen LogP contribution in [0.2, 0.25) is 0 Å². The summed E-state index contributed by atoms with van der Waals surface area (Å²) in [6.45, 7) is 1.82. The molecule has 0 amide bonds. The number of aryl methyl sites for hydroxylation is 1. The van der Waals surface area contributed by atoms with Gasteiger partial charge in [0, 0.05) is 0 Å². The van der Waals surface area contributed by atoms with Crippen LogP contribution in [0.15, 0.2) is 48.5 Å². The molecule has 0 saturated heterocycles. The van der Waals surface area contributed by atoms with Crippen LogP contribution in [-0.4, -0.2) is 8.42 Å². The zero-order chi connectivity index (χ0) is 13.9. The van der Waals surface area contributed by atoms with Gasteiger partial charge >= 0.3 is 0 Å². The SMILES string of the molecule is Cc1cccc(N)c1NS(=O)(=O)Cc1ccccc1. The zero-order valence-electron chi connectivity index (χ0n) is 10.6. The molecule has 4 nitrogen and oxygen atoms in total. The molecule has 100 valence electrons. The Labute approximate surface area is 113 Å². The number of nitrogens with one attached hydrogen (secondary N) is 1. The van der Waals surface area contributed by atoms with Crippen LogP contribution in [-0.2, 0) is 15.8 Å². The van der Waals surface area contributed by atoms with Crippen LogP contribution in [0, 0.1) is 6.92 Å². The van der Waals surface area contributed by atoms with Gasteiger partial charge in [-0.2, -0.15) is 0 Å². The highest BCUT2D eigenvalue weighted by Crippen LogP contribution is 2.24. The van der Waals surface area contributed by atoms with Gasteiger partial charge in [0.15, 0.2) is 0 Å². The van der Waals surface area contributed by atoms with Crippen LogP contribution in [0.3, 0.4) is 0 Å². The van der Waals surface area contributed by atoms with E-state index in [1.807, 2.05) is 31.2 Å². The molecule has 0 aliphatic rings. The lowest BCUT2D eigenvalue weighted by Gasteiger charge is -2.12. The van der Waals surface area contributed by atoms with Gasteiger partial charge in [-0.3, -0.25) is 4.72 Å². The second-order valence-electron chi connectivity index (χ2n) is 4.39. The Balaban J connectivity index is 2.23. The fraction of sp³-hybridized carbons (Fsp3) is 0.143. The van der Waals surface area contributed by atoms with Crippen molar-refractivity contribution >= 4 is 21.4 Å². The van der Waals surface area contributed by atoms with Gasteiger partial charge in [0.2, 0.25) is 10.0 Å². The average molecular weight is 276 g/mol. The highest BCUT2D eigenvalue weighted by molar-refractivity contribution is 7.91. The van der Waals surface area contributed by atoms with Gasteiger partial charge in [0.05, 0.1) is 17.1 Å². The molecule has 0 fully saturated rings. The standard InChI is InChI=1S/C14H16N2O2S/c1-11-6-5-9-13(15)14(11)16-19(17,18)10-12-7-3-2-4-8-12/h2-9,16H,10,15H2,1H3. The Hall–Kier alpha value is -2.01. The first kappa shape index (κ1) is 13.4. The molecule has 0 aliphatic carbocycles. The normalized spacial score (nSPS) is 11.2. The molecule has 2 aromatic carbocycles. The first-order valence-electron chi connectivity index (χ1n) is 5.87. The largest absolute Gasteiger partial charge is 0.397 e. The van der Waals surface area contributed by atoms with E-state index in [9.17, 15) is 8.42 Å². The van der Waals surface area contributed by atoms with Gasteiger partial charge in [-0.15, -0.1) is 0 Å². The van der Waals surface area contributed by atoms with E-state index in [4.69, 9.17) is 5.73 Å². The molecule has 0 unspecified atom stereocenters. The van der Waals surface area contributed by atoms with Crippen molar-refractivity contribution in [2.24, 2.45) is 0 Å². The van der Waals surface area contributed by atoms with Crippen molar-refractivity contribution in [1.29, 1.82) is 0 Å². The van der Waals surface area contributed by atoms with Crippen LogP contribution in [0.5, 0.6) is 0 Å². The molecule has 0 radical (unpaired) electrons. The average Bonchev–Trinajstić information content (AvgIpc) is 2.35. The van der Waals surface area contributed by atoms with Crippen molar-refractivity contribution in [3.8, 4) is 0 Å². The maximum Gasteiger partial charge on any atom is 0.236 e. The molecule has 0 saturated carbocycles. The molecule has 0 aliphatic heterocycles. The van der Waals surface area contributed by atoms with Crippen molar-refractivity contribution in [3.05, 3.63) is 59.7 Å². The van der Waals surface area contributed by atoms with Gasteiger partial charge in [0.1, 0.15) is 0 Å². The smallest absolute Gasteiger partial charge is 0.236 e. The third-order valence-electron chi connectivity index (χ3n) is 2.76. The Morgan fingerprint density at radius 2 is 1.74 bits per heavy atom. The summed E-state index contributed by atoms with van der Waals surface area (Å²) >= 11 is 0. The topological polar surface area (TPSA) is 72.2 Å². The molecule has 0 aromatic heterocycles. The number of nitrogen functional groups attached to an aromatic ring is 1. The molecule has 2 rings (SSSR count). The second-order valence-corrected chi connectivity index (χ2v) is 6.11. The van der Waals surface area contributed by atoms with Crippen molar-refractivity contribution < 1.29 is 8.42 Å². The van der Waals surface area contributed by atoms with E-state index in [1.54, 1.807) is 24.3 Å². The summed E-state index contributed by atoms with van der Waals surface area (Å²) in [5, 5.41) is 0. The van der Waals surface area contributed by atoms with Gasteiger partial charge in [-0.05, 0) is 24.1 Å². The number of para-hydroxylation sites is 1. The number of hydrogen-bond donors (Lipinski definition) is 2. The van der Waals surface area contributed by atoms with Crippen LogP contribution >= 0.6 is 0 Å². The fourth-order valence-corrected chi connectivity index (χ4v) is 3.11. The van der Waals surface area contributed by atoms with Crippen LogP contribution in [0.25, 0.3) is 0 Å². The summed E-state index contributed by atoms with van der Waals surface area (Å²) in [5.74, 6) is -0.0678. The number of rotatable bonds is 4. The quantitative estimate of drug-likeness (QED) is 0.843. The minimum atomic E-state index is -3.46. The summed E-state index contributed by atoms with van der Waals surface area (Å²) in [6.07, 6.45) is 0. The lowest BCUT2D eigenvalue weighted by Crippen LogP contribution is -2.16. The van der Waals surface area contributed by atoms with E-state index < -0.39 is 10.0 Å². The zero-order valence-corrected chi connectivity index (χ0v) is 11.4. The van der Waals surface area contributed by atoms with Gasteiger partial charge in [0.25, 0.3) is 0 Å². The van der Waals surface area contributed by atoms with Crippen LogP contribution in [0.4, 0.5) is 11.4 Å². The maximum atomic E-state index is 12.1. The van der Waals surface area contributed by atoms with Gasteiger partial charge in [-0.1, -0.05) is 42.5 Å². The van der Waals surface area contributed by atoms with E-state index in [-0.39, 0.29) is 5.75 Å². The van der Waals surface area contributed by atoms with Crippen LogP contribution in [0.1, 0.15) is 11.1 Å². The minimum absolute atomic E-state index is 0.0678. The highest BCUT2D eigenvalue weighted by atomic mass is 32.2.